The summed E-state index contributed by atoms with van der Waals surface area (Å²) in [4.78, 5) is 24.5. The smallest absolute Gasteiger partial charge is 0.338 e. The fraction of sp³-hybridized carbons (Fsp3) is 0.412. The predicted molar refractivity (Wildman–Crippen MR) is 85.5 cm³/mol. The van der Waals surface area contributed by atoms with Gasteiger partial charge in [0.15, 0.2) is 11.5 Å². The largest absolute Gasteiger partial charge is 0.463 e. The minimum Gasteiger partial charge on any atom is -0.463 e. The molecule has 24 heavy (non-hydrogen) atoms. The number of ether oxygens (including phenoxy) is 3. The topological polar surface area (TPSA) is 85.9 Å². The molecule has 2 amide bonds. The summed E-state index contributed by atoms with van der Waals surface area (Å²) in [6, 6.07) is 4.44. The van der Waals surface area contributed by atoms with Crippen LogP contribution in [-0.4, -0.2) is 25.4 Å². The van der Waals surface area contributed by atoms with E-state index in [-0.39, 0.29) is 19.4 Å². The van der Waals surface area contributed by atoms with Crippen LogP contribution in [0, 0.1) is 0 Å². The van der Waals surface area contributed by atoms with Gasteiger partial charge in [-0.3, -0.25) is 0 Å². The van der Waals surface area contributed by atoms with Crippen LogP contribution in [0.25, 0.3) is 0 Å². The van der Waals surface area contributed by atoms with Crippen molar-refractivity contribution < 1.29 is 23.8 Å². The van der Waals surface area contributed by atoms with Crippen molar-refractivity contribution in [2.24, 2.45) is 0 Å². The van der Waals surface area contributed by atoms with E-state index in [4.69, 9.17) is 14.2 Å². The number of amides is 2. The minimum absolute atomic E-state index is 0.166. The molecule has 0 bridgehead atoms. The SMILES string of the molecule is CCCC1=C(C(=O)OCC)[C@@H](c2ccc3c(c2)OCO3)NC(=O)N1. The molecule has 0 spiro atoms. The zero-order chi connectivity index (χ0) is 17.1. The maximum atomic E-state index is 12.5. The number of hydrogen-bond donors (Lipinski definition) is 2. The number of nitrogens with one attached hydrogen (secondary N) is 2. The van der Waals surface area contributed by atoms with E-state index in [1.807, 2.05) is 13.0 Å². The van der Waals surface area contributed by atoms with Gasteiger partial charge in [0.05, 0.1) is 18.2 Å². The Bertz CT molecular complexity index is 698. The van der Waals surface area contributed by atoms with Gasteiger partial charge in [0, 0.05) is 5.70 Å². The first-order chi connectivity index (χ1) is 11.6. The molecular weight excluding hydrogens is 312 g/mol. The number of rotatable bonds is 5. The first-order valence-corrected chi connectivity index (χ1v) is 8.01. The number of benzene rings is 1. The third-order valence-corrected chi connectivity index (χ3v) is 3.88. The lowest BCUT2D eigenvalue weighted by atomic mass is 9.93. The highest BCUT2D eigenvalue weighted by Gasteiger charge is 2.34. The summed E-state index contributed by atoms with van der Waals surface area (Å²) < 4.78 is 15.9. The molecule has 3 rings (SSSR count). The number of fused-ring (bicyclic) bond motifs is 1. The van der Waals surface area contributed by atoms with Crippen LogP contribution >= 0.6 is 0 Å². The molecule has 0 radical (unpaired) electrons. The van der Waals surface area contributed by atoms with Gasteiger partial charge in [-0.05, 0) is 31.0 Å². The van der Waals surface area contributed by atoms with Crippen LogP contribution < -0.4 is 20.1 Å². The molecule has 1 aromatic rings. The van der Waals surface area contributed by atoms with Gasteiger partial charge in [-0.1, -0.05) is 19.4 Å². The maximum absolute atomic E-state index is 12.5. The van der Waals surface area contributed by atoms with Gasteiger partial charge in [0.1, 0.15) is 0 Å². The average molecular weight is 332 g/mol. The number of carbonyl (C=O) groups excluding carboxylic acids is 2. The quantitative estimate of drug-likeness (QED) is 0.809. The van der Waals surface area contributed by atoms with E-state index in [0.717, 1.165) is 12.0 Å². The minimum atomic E-state index is -0.589. The number of hydrogen-bond acceptors (Lipinski definition) is 5. The first-order valence-electron chi connectivity index (χ1n) is 8.01. The molecule has 1 aromatic carbocycles. The van der Waals surface area contributed by atoms with Gasteiger partial charge in [-0.15, -0.1) is 0 Å². The van der Waals surface area contributed by atoms with Crippen molar-refractivity contribution in [1.29, 1.82) is 0 Å². The molecule has 0 fully saturated rings. The Morgan fingerprint density at radius 1 is 1.29 bits per heavy atom. The zero-order valence-corrected chi connectivity index (χ0v) is 13.7. The Kier molecular flexibility index (Phi) is 4.59. The Balaban J connectivity index is 2.03. The fourth-order valence-corrected chi connectivity index (χ4v) is 2.86. The Hall–Kier alpha value is -2.70. The number of allylic oxidation sites excluding steroid dienone is 1. The van der Waals surface area contributed by atoms with E-state index < -0.39 is 12.0 Å². The van der Waals surface area contributed by atoms with Gasteiger partial charge >= 0.3 is 12.0 Å². The summed E-state index contributed by atoms with van der Waals surface area (Å²) in [6.07, 6.45) is 1.38. The number of carbonyl (C=O) groups is 2. The van der Waals surface area contributed by atoms with Crippen molar-refractivity contribution in [3.05, 3.63) is 35.0 Å². The van der Waals surface area contributed by atoms with Crippen LogP contribution in [-0.2, 0) is 9.53 Å². The van der Waals surface area contributed by atoms with Crippen molar-refractivity contribution in [3.8, 4) is 11.5 Å². The van der Waals surface area contributed by atoms with Crippen LogP contribution in [0.3, 0.4) is 0 Å². The second-order valence-corrected chi connectivity index (χ2v) is 5.51. The normalized spacial score (nSPS) is 18.9. The van der Waals surface area contributed by atoms with Crippen molar-refractivity contribution in [1.82, 2.24) is 10.6 Å². The number of esters is 1. The first kappa shape index (κ1) is 16.2. The summed E-state index contributed by atoms with van der Waals surface area (Å²) in [5, 5.41) is 5.53. The summed E-state index contributed by atoms with van der Waals surface area (Å²) in [6.45, 7) is 4.17. The Labute approximate surface area is 140 Å². The van der Waals surface area contributed by atoms with E-state index in [9.17, 15) is 9.59 Å². The molecule has 7 heteroatoms. The van der Waals surface area contributed by atoms with Crippen LogP contribution in [0.4, 0.5) is 4.79 Å². The molecule has 0 saturated heterocycles. The van der Waals surface area contributed by atoms with E-state index in [1.165, 1.54) is 0 Å². The Morgan fingerprint density at radius 2 is 2.08 bits per heavy atom. The lowest BCUT2D eigenvalue weighted by Gasteiger charge is -2.29. The van der Waals surface area contributed by atoms with Crippen LogP contribution in [0.5, 0.6) is 11.5 Å². The molecule has 128 valence electrons. The lowest BCUT2D eigenvalue weighted by molar-refractivity contribution is -0.139. The van der Waals surface area contributed by atoms with E-state index in [0.29, 0.717) is 29.2 Å². The van der Waals surface area contributed by atoms with Crippen molar-refractivity contribution >= 4 is 12.0 Å². The average Bonchev–Trinajstić information content (AvgIpc) is 3.02. The van der Waals surface area contributed by atoms with Gasteiger partial charge in [-0.25, -0.2) is 9.59 Å². The molecule has 2 aliphatic rings. The van der Waals surface area contributed by atoms with E-state index in [2.05, 4.69) is 10.6 Å². The summed E-state index contributed by atoms with van der Waals surface area (Å²) >= 11 is 0. The van der Waals surface area contributed by atoms with Crippen LogP contribution in [0.1, 0.15) is 38.3 Å². The molecular formula is C17H20N2O5. The van der Waals surface area contributed by atoms with E-state index >= 15 is 0 Å². The highest BCUT2D eigenvalue weighted by Crippen LogP contribution is 2.37. The second kappa shape index (κ2) is 6.82. The molecule has 0 aromatic heterocycles. The monoisotopic (exact) mass is 332 g/mol. The molecule has 2 aliphatic heterocycles. The third-order valence-electron chi connectivity index (χ3n) is 3.88. The zero-order valence-electron chi connectivity index (χ0n) is 13.7. The predicted octanol–water partition coefficient (Wildman–Crippen LogP) is 2.39. The number of urea groups is 1. The molecule has 2 heterocycles. The van der Waals surface area contributed by atoms with Gasteiger partial charge < -0.3 is 24.8 Å². The molecule has 1 atom stereocenters. The van der Waals surface area contributed by atoms with Gasteiger partial charge in [0.2, 0.25) is 6.79 Å². The molecule has 0 aliphatic carbocycles. The molecule has 0 saturated carbocycles. The maximum Gasteiger partial charge on any atom is 0.338 e. The second-order valence-electron chi connectivity index (χ2n) is 5.51. The standard InChI is InChI=1S/C17H20N2O5/c1-3-5-11-14(16(20)22-4-2)15(19-17(21)18-11)10-6-7-12-13(8-10)24-9-23-12/h6-8,15H,3-5,9H2,1-2H3,(H2,18,19,21)/t15-/m1/s1. The lowest BCUT2D eigenvalue weighted by Crippen LogP contribution is -2.46. The Morgan fingerprint density at radius 3 is 2.83 bits per heavy atom. The van der Waals surface area contributed by atoms with Gasteiger partial charge in [0.25, 0.3) is 0 Å². The van der Waals surface area contributed by atoms with Crippen LogP contribution in [0.2, 0.25) is 0 Å². The fourth-order valence-electron chi connectivity index (χ4n) is 2.86. The molecule has 2 N–H and O–H groups in total. The highest BCUT2D eigenvalue weighted by atomic mass is 16.7. The summed E-state index contributed by atoms with van der Waals surface area (Å²) in [7, 11) is 0. The van der Waals surface area contributed by atoms with E-state index in [1.54, 1.807) is 19.1 Å². The highest BCUT2D eigenvalue weighted by molar-refractivity contribution is 5.95. The molecule has 7 nitrogen and oxygen atoms in total. The summed E-state index contributed by atoms with van der Waals surface area (Å²) in [5.41, 5.74) is 1.77. The van der Waals surface area contributed by atoms with Crippen molar-refractivity contribution in [2.75, 3.05) is 13.4 Å². The van der Waals surface area contributed by atoms with Gasteiger partial charge in [-0.2, -0.15) is 0 Å². The molecule has 0 unspecified atom stereocenters. The third kappa shape index (κ3) is 3.02. The van der Waals surface area contributed by atoms with Crippen molar-refractivity contribution in [2.45, 2.75) is 32.7 Å². The van der Waals surface area contributed by atoms with Crippen molar-refractivity contribution in [3.63, 3.8) is 0 Å². The van der Waals surface area contributed by atoms with Crippen LogP contribution in [0.15, 0.2) is 29.5 Å². The summed E-state index contributed by atoms with van der Waals surface area (Å²) in [5.74, 6) is 0.811.